The zero-order valence-corrected chi connectivity index (χ0v) is 15.5. The van der Waals surface area contributed by atoms with Crippen molar-refractivity contribution >= 4 is 5.91 Å². The smallest absolute Gasteiger partial charge is 0.246 e. The van der Waals surface area contributed by atoms with Crippen LogP contribution in [0, 0.1) is 5.92 Å². The zero-order chi connectivity index (χ0) is 17.0. The minimum atomic E-state index is 0.111. The van der Waals surface area contributed by atoms with Crippen molar-refractivity contribution in [3.63, 3.8) is 0 Å². The standard InChI is InChI=1S/C20H35NO/c1-7-17(4)12-10-13-18(5)14-11-15-19(6)16-20(22)21(8-2)9-3/h11-12,15-16,18H,7-10,13-14H2,1-6H3/b15-11+,17-12+,19-16+. The fraction of sp³-hybridized carbons (Fsp3) is 0.650. The number of likely N-dealkylation sites (N-methyl/N-ethyl adjacent to an activating group) is 1. The minimum Gasteiger partial charge on any atom is -0.340 e. The van der Waals surface area contributed by atoms with Gasteiger partial charge in [0.15, 0.2) is 0 Å². The van der Waals surface area contributed by atoms with Gasteiger partial charge in [-0.3, -0.25) is 4.79 Å². The normalized spacial score (nSPS) is 14.5. The molecule has 0 bridgehead atoms. The summed E-state index contributed by atoms with van der Waals surface area (Å²) in [5, 5.41) is 0. The molecule has 0 aromatic rings. The molecule has 0 aromatic heterocycles. The molecule has 126 valence electrons. The number of carbonyl (C=O) groups is 1. The number of allylic oxidation sites excluding steroid dienone is 5. The van der Waals surface area contributed by atoms with Crippen LogP contribution < -0.4 is 0 Å². The Morgan fingerprint density at radius 2 is 1.77 bits per heavy atom. The van der Waals surface area contributed by atoms with Gasteiger partial charge in [-0.2, -0.15) is 0 Å². The molecule has 0 fully saturated rings. The number of carbonyl (C=O) groups excluding carboxylic acids is 1. The molecule has 0 heterocycles. The Labute approximate surface area is 138 Å². The molecule has 0 N–H and O–H groups in total. The average molecular weight is 306 g/mol. The lowest BCUT2D eigenvalue weighted by Crippen LogP contribution is -2.28. The highest BCUT2D eigenvalue weighted by atomic mass is 16.2. The van der Waals surface area contributed by atoms with Crippen LogP contribution in [0.2, 0.25) is 0 Å². The summed E-state index contributed by atoms with van der Waals surface area (Å²) in [5.74, 6) is 0.795. The van der Waals surface area contributed by atoms with E-state index in [0.717, 1.165) is 31.5 Å². The van der Waals surface area contributed by atoms with Gasteiger partial charge in [-0.15, -0.1) is 0 Å². The lowest BCUT2D eigenvalue weighted by Gasteiger charge is -2.16. The van der Waals surface area contributed by atoms with Crippen LogP contribution in [-0.4, -0.2) is 23.9 Å². The molecule has 0 aliphatic rings. The summed E-state index contributed by atoms with van der Waals surface area (Å²) >= 11 is 0. The van der Waals surface area contributed by atoms with Crippen LogP contribution in [0.25, 0.3) is 0 Å². The first-order valence-corrected chi connectivity index (χ1v) is 8.73. The summed E-state index contributed by atoms with van der Waals surface area (Å²) in [6.45, 7) is 14.2. The Hall–Kier alpha value is -1.31. The van der Waals surface area contributed by atoms with Crippen molar-refractivity contribution in [1.29, 1.82) is 0 Å². The summed E-state index contributed by atoms with van der Waals surface area (Å²) in [7, 11) is 0. The lowest BCUT2D eigenvalue weighted by molar-refractivity contribution is -0.125. The fourth-order valence-corrected chi connectivity index (χ4v) is 2.23. The van der Waals surface area contributed by atoms with Crippen molar-refractivity contribution in [3.8, 4) is 0 Å². The van der Waals surface area contributed by atoms with Gasteiger partial charge in [-0.05, 0) is 64.9 Å². The van der Waals surface area contributed by atoms with Gasteiger partial charge in [0.25, 0.3) is 0 Å². The first-order chi connectivity index (χ1) is 10.4. The molecule has 0 rings (SSSR count). The molecule has 0 aliphatic carbocycles. The number of hydrogen-bond acceptors (Lipinski definition) is 1. The predicted molar refractivity (Wildman–Crippen MR) is 97.9 cm³/mol. The van der Waals surface area contributed by atoms with Gasteiger partial charge in [0, 0.05) is 19.2 Å². The zero-order valence-electron chi connectivity index (χ0n) is 15.5. The van der Waals surface area contributed by atoms with Gasteiger partial charge in [-0.25, -0.2) is 0 Å². The van der Waals surface area contributed by atoms with E-state index in [-0.39, 0.29) is 5.91 Å². The van der Waals surface area contributed by atoms with E-state index >= 15 is 0 Å². The summed E-state index contributed by atoms with van der Waals surface area (Å²) in [4.78, 5) is 13.8. The van der Waals surface area contributed by atoms with Gasteiger partial charge in [0.1, 0.15) is 0 Å². The molecule has 0 radical (unpaired) electrons. The molecular formula is C20H35NO. The number of nitrogens with zero attached hydrogens (tertiary/aromatic N) is 1. The third kappa shape index (κ3) is 9.59. The molecule has 2 nitrogen and oxygen atoms in total. The maximum atomic E-state index is 12.0. The number of amides is 1. The molecule has 22 heavy (non-hydrogen) atoms. The largest absolute Gasteiger partial charge is 0.340 e. The van der Waals surface area contributed by atoms with Crippen LogP contribution in [0.1, 0.15) is 67.2 Å². The van der Waals surface area contributed by atoms with Crippen molar-refractivity contribution in [2.75, 3.05) is 13.1 Å². The van der Waals surface area contributed by atoms with Crippen molar-refractivity contribution in [1.82, 2.24) is 4.90 Å². The third-order valence-corrected chi connectivity index (χ3v) is 4.06. The monoisotopic (exact) mass is 305 g/mol. The van der Waals surface area contributed by atoms with E-state index in [1.165, 1.54) is 18.4 Å². The Bertz CT molecular complexity index is 400. The van der Waals surface area contributed by atoms with Crippen LogP contribution in [0.4, 0.5) is 0 Å². The second-order valence-electron chi connectivity index (χ2n) is 6.12. The van der Waals surface area contributed by atoms with Gasteiger partial charge >= 0.3 is 0 Å². The maximum absolute atomic E-state index is 12.0. The molecule has 0 aromatic carbocycles. The van der Waals surface area contributed by atoms with Crippen LogP contribution in [0.5, 0.6) is 0 Å². The van der Waals surface area contributed by atoms with Gasteiger partial charge in [0.2, 0.25) is 5.91 Å². The molecule has 0 aliphatic heterocycles. The minimum absolute atomic E-state index is 0.111. The quantitative estimate of drug-likeness (QED) is 0.295. The van der Waals surface area contributed by atoms with Gasteiger partial charge < -0.3 is 4.90 Å². The van der Waals surface area contributed by atoms with Crippen molar-refractivity contribution in [3.05, 3.63) is 35.5 Å². The molecule has 1 atom stereocenters. The summed E-state index contributed by atoms with van der Waals surface area (Å²) in [6, 6.07) is 0. The highest BCUT2D eigenvalue weighted by molar-refractivity contribution is 5.88. The third-order valence-electron chi connectivity index (χ3n) is 4.06. The SMILES string of the molecule is CC/C(C)=C/CCC(C)C/C=C/C(C)=C/C(=O)N(CC)CC. The molecule has 2 heteroatoms. The van der Waals surface area contributed by atoms with Crippen LogP contribution >= 0.6 is 0 Å². The lowest BCUT2D eigenvalue weighted by atomic mass is 10.00. The second kappa shape index (κ2) is 12.3. The molecule has 0 saturated heterocycles. The molecule has 0 saturated carbocycles. The number of hydrogen-bond donors (Lipinski definition) is 0. The topological polar surface area (TPSA) is 20.3 Å². The van der Waals surface area contributed by atoms with E-state index in [0.29, 0.717) is 5.92 Å². The van der Waals surface area contributed by atoms with Crippen molar-refractivity contribution in [2.45, 2.75) is 67.2 Å². The van der Waals surface area contributed by atoms with E-state index in [1.807, 2.05) is 25.7 Å². The average Bonchev–Trinajstić information content (AvgIpc) is 2.48. The number of rotatable bonds is 10. The van der Waals surface area contributed by atoms with Crippen LogP contribution in [-0.2, 0) is 4.79 Å². The molecule has 0 spiro atoms. The fourth-order valence-electron chi connectivity index (χ4n) is 2.23. The Morgan fingerprint density at radius 1 is 1.14 bits per heavy atom. The summed E-state index contributed by atoms with van der Waals surface area (Å²) < 4.78 is 0. The van der Waals surface area contributed by atoms with E-state index in [1.54, 1.807) is 6.08 Å². The Kier molecular flexibility index (Phi) is 11.5. The molecular weight excluding hydrogens is 270 g/mol. The van der Waals surface area contributed by atoms with Crippen molar-refractivity contribution < 1.29 is 4.79 Å². The van der Waals surface area contributed by atoms with E-state index in [9.17, 15) is 4.79 Å². The first-order valence-electron chi connectivity index (χ1n) is 8.73. The van der Waals surface area contributed by atoms with E-state index in [2.05, 4.69) is 39.0 Å². The first kappa shape index (κ1) is 20.7. The van der Waals surface area contributed by atoms with Gasteiger partial charge in [0.05, 0.1) is 0 Å². The van der Waals surface area contributed by atoms with Gasteiger partial charge in [-0.1, -0.05) is 37.6 Å². The van der Waals surface area contributed by atoms with Crippen LogP contribution in [0.3, 0.4) is 0 Å². The van der Waals surface area contributed by atoms with E-state index < -0.39 is 0 Å². The summed E-state index contributed by atoms with van der Waals surface area (Å²) in [5.41, 5.74) is 2.52. The highest BCUT2D eigenvalue weighted by Crippen LogP contribution is 2.14. The molecule has 1 unspecified atom stereocenters. The second-order valence-corrected chi connectivity index (χ2v) is 6.12. The summed E-state index contributed by atoms with van der Waals surface area (Å²) in [6.07, 6.45) is 13.0. The molecule has 1 amide bonds. The van der Waals surface area contributed by atoms with E-state index in [4.69, 9.17) is 0 Å². The maximum Gasteiger partial charge on any atom is 0.246 e. The predicted octanol–water partition coefficient (Wildman–Crippen LogP) is 5.52. The van der Waals surface area contributed by atoms with Crippen molar-refractivity contribution in [2.24, 2.45) is 5.92 Å². The Morgan fingerprint density at radius 3 is 2.32 bits per heavy atom. The highest BCUT2D eigenvalue weighted by Gasteiger charge is 2.05. The Balaban J connectivity index is 4.22. The van der Waals surface area contributed by atoms with Crippen LogP contribution in [0.15, 0.2) is 35.5 Å².